The summed E-state index contributed by atoms with van der Waals surface area (Å²) in [4.78, 5) is 37.6. The number of aromatic nitrogens is 2. The molecule has 0 bridgehead atoms. The molecule has 0 radical (unpaired) electrons. The summed E-state index contributed by atoms with van der Waals surface area (Å²) in [6.07, 6.45) is 4.95. The number of thiophene rings is 1. The van der Waals surface area contributed by atoms with Crippen LogP contribution in [0.1, 0.15) is 39.2 Å². The molecule has 1 atom stereocenters. The molecular weight excluding hydrogens is 510 g/mol. The average Bonchev–Trinajstić information content (AvgIpc) is 3.42. The molecule has 4 heterocycles. The molecule has 3 aromatic heterocycles. The maximum atomic E-state index is 13.5. The van der Waals surface area contributed by atoms with Gasteiger partial charge in [0.25, 0.3) is 11.8 Å². The number of hydrogen-bond donors (Lipinski definition) is 2. The summed E-state index contributed by atoms with van der Waals surface area (Å²) in [5.41, 5.74) is 3.08. The number of pyridine rings is 2. The van der Waals surface area contributed by atoms with Gasteiger partial charge in [-0.3, -0.25) is 14.6 Å². The van der Waals surface area contributed by atoms with Gasteiger partial charge in [0.05, 0.1) is 35.1 Å². The van der Waals surface area contributed by atoms with E-state index in [0.29, 0.717) is 35.8 Å². The van der Waals surface area contributed by atoms with E-state index in [1.165, 1.54) is 17.5 Å². The van der Waals surface area contributed by atoms with Crippen molar-refractivity contribution in [1.82, 2.24) is 15.3 Å². The fourth-order valence-electron chi connectivity index (χ4n) is 4.62. The third-order valence-corrected chi connectivity index (χ3v) is 7.58. The lowest BCUT2D eigenvalue weighted by Gasteiger charge is -2.31. The Hall–Kier alpha value is -4.76. The van der Waals surface area contributed by atoms with E-state index in [-0.39, 0.29) is 17.9 Å². The van der Waals surface area contributed by atoms with Crippen LogP contribution in [0.4, 0.5) is 17.2 Å². The number of amides is 2. The van der Waals surface area contributed by atoms with Gasteiger partial charge in [-0.15, -0.1) is 11.3 Å². The molecule has 2 aromatic carbocycles. The van der Waals surface area contributed by atoms with Gasteiger partial charge < -0.3 is 20.3 Å². The minimum absolute atomic E-state index is 0.257. The zero-order valence-corrected chi connectivity index (χ0v) is 21.9. The summed E-state index contributed by atoms with van der Waals surface area (Å²) in [5, 5.41) is 8.77. The largest absolute Gasteiger partial charge is 0.490 e. The highest BCUT2D eigenvalue weighted by Gasteiger charge is 2.25. The topological polar surface area (TPSA) is 96.5 Å². The highest BCUT2D eigenvalue weighted by atomic mass is 32.1. The van der Waals surface area contributed by atoms with Gasteiger partial charge in [-0.2, -0.15) is 0 Å². The van der Waals surface area contributed by atoms with Crippen LogP contribution in [0.15, 0.2) is 90.7 Å². The molecule has 2 amide bonds. The third-order valence-electron chi connectivity index (χ3n) is 6.62. The van der Waals surface area contributed by atoms with E-state index in [2.05, 4.69) is 20.6 Å². The van der Waals surface area contributed by atoms with Crippen molar-refractivity contribution < 1.29 is 14.3 Å². The first-order valence-corrected chi connectivity index (χ1v) is 13.4. The minimum atomic E-state index is -0.302. The Kier molecular flexibility index (Phi) is 6.64. The zero-order chi connectivity index (χ0) is 26.8. The Labute approximate surface area is 229 Å². The van der Waals surface area contributed by atoms with Crippen molar-refractivity contribution in [3.63, 3.8) is 0 Å². The number of para-hydroxylation sites is 2. The lowest BCUT2D eigenvalue weighted by atomic mass is 10.1. The van der Waals surface area contributed by atoms with Gasteiger partial charge in [-0.25, -0.2) is 4.98 Å². The predicted octanol–water partition coefficient (Wildman–Crippen LogP) is 5.97. The third kappa shape index (κ3) is 4.92. The lowest BCUT2D eigenvalue weighted by molar-refractivity contribution is 0.0938. The molecule has 0 aliphatic carbocycles. The van der Waals surface area contributed by atoms with Crippen molar-refractivity contribution in [3.05, 3.63) is 107 Å². The maximum Gasteiger partial charge on any atom is 0.257 e. The van der Waals surface area contributed by atoms with Gasteiger partial charge in [-0.05, 0) is 42.8 Å². The summed E-state index contributed by atoms with van der Waals surface area (Å²) in [5.74, 6) is 0.705. The van der Waals surface area contributed by atoms with E-state index < -0.39 is 0 Å². The van der Waals surface area contributed by atoms with Crippen LogP contribution >= 0.6 is 11.3 Å². The van der Waals surface area contributed by atoms with Crippen molar-refractivity contribution in [1.29, 1.82) is 0 Å². The van der Waals surface area contributed by atoms with E-state index >= 15 is 0 Å². The monoisotopic (exact) mass is 535 g/mol. The van der Waals surface area contributed by atoms with Gasteiger partial charge in [0.1, 0.15) is 12.4 Å². The number of nitrogens with one attached hydrogen (secondary N) is 2. The molecule has 0 saturated carbocycles. The molecule has 39 heavy (non-hydrogen) atoms. The molecule has 1 unspecified atom stereocenters. The van der Waals surface area contributed by atoms with Gasteiger partial charge in [-0.1, -0.05) is 36.4 Å². The summed E-state index contributed by atoms with van der Waals surface area (Å²) >= 11 is 1.52. The van der Waals surface area contributed by atoms with Crippen LogP contribution < -0.4 is 20.3 Å². The van der Waals surface area contributed by atoms with Crippen molar-refractivity contribution in [3.8, 4) is 5.75 Å². The van der Waals surface area contributed by atoms with Crippen LogP contribution in [-0.2, 0) is 0 Å². The SMILES string of the molecule is CC(NC(=O)c1cnc(N2CCOc3ccccc32)c(NC(=O)c2csc3ccccc23)c1)c1cccnc1. The molecule has 2 N–H and O–H groups in total. The molecule has 1 aliphatic heterocycles. The normalized spacial score (nSPS) is 13.3. The molecule has 9 heteroatoms. The van der Waals surface area contributed by atoms with Crippen molar-refractivity contribution in [2.45, 2.75) is 13.0 Å². The number of carbonyl (C=O) groups is 2. The van der Waals surface area contributed by atoms with Crippen LogP contribution in [0.5, 0.6) is 5.75 Å². The second kappa shape index (κ2) is 10.5. The minimum Gasteiger partial charge on any atom is -0.490 e. The van der Waals surface area contributed by atoms with Crippen LogP contribution in [0.25, 0.3) is 10.1 Å². The first-order valence-electron chi connectivity index (χ1n) is 12.6. The summed E-state index contributed by atoms with van der Waals surface area (Å²) in [7, 11) is 0. The first kappa shape index (κ1) is 24.6. The average molecular weight is 536 g/mol. The van der Waals surface area contributed by atoms with Crippen LogP contribution in [-0.4, -0.2) is 34.9 Å². The number of ether oxygens (including phenoxy) is 1. The second-order valence-corrected chi connectivity index (χ2v) is 10.1. The van der Waals surface area contributed by atoms with Crippen molar-refractivity contribution in [2.24, 2.45) is 0 Å². The van der Waals surface area contributed by atoms with E-state index in [4.69, 9.17) is 4.74 Å². The van der Waals surface area contributed by atoms with Gasteiger partial charge in [0, 0.05) is 34.1 Å². The molecule has 194 valence electrons. The van der Waals surface area contributed by atoms with Gasteiger partial charge >= 0.3 is 0 Å². The number of fused-ring (bicyclic) bond motifs is 2. The Morgan fingerprint density at radius 3 is 2.74 bits per heavy atom. The molecule has 0 spiro atoms. The second-order valence-electron chi connectivity index (χ2n) is 9.14. The molecule has 8 nitrogen and oxygen atoms in total. The van der Waals surface area contributed by atoms with E-state index in [9.17, 15) is 9.59 Å². The smallest absolute Gasteiger partial charge is 0.257 e. The van der Waals surface area contributed by atoms with Gasteiger partial charge in [0.2, 0.25) is 0 Å². The molecule has 0 saturated heterocycles. The number of carbonyl (C=O) groups excluding carboxylic acids is 2. The lowest BCUT2D eigenvalue weighted by Crippen LogP contribution is -2.31. The van der Waals surface area contributed by atoms with Crippen molar-refractivity contribution in [2.75, 3.05) is 23.4 Å². The number of hydrogen-bond acceptors (Lipinski definition) is 7. The standard InChI is InChI=1S/C30H25N5O3S/c1-19(20-7-6-12-31-16-20)33-29(36)21-15-24(34-30(37)23-18-39-27-11-5-2-8-22(23)27)28(32-17-21)35-13-14-38-26-10-4-3-9-25(26)35/h2-12,15-19H,13-14H2,1H3,(H,33,36)(H,34,37). The number of nitrogens with zero attached hydrogens (tertiary/aromatic N) is 3. The quantitative estimate of drug-likeness (QED) is 0.278. The Bertz CT molecular complexity index is 1670. The molecule has 0 fully saturated rings. The zero-order valence-electron chi connectivity index (χ0n) is 21.1. The number of benzene rings is 2. The fraction of sp³-hybridized carbons (Fsp3) is 0.133. The Balaban J connectivity index is 1.36. The molecular formula is C30H25N5O3S. The Morgan fingerprint density at radius 1 is 1.03 bits per heavy atom. The van der Waals surface area contributed by atoms with Crippen LogP contribution in [0, 0.1) is 0 Å². The van der Waals surface area contributed by atoms with E-state index in [0.717, 1.165) is 27.1 Å². The molecule has 5 aromatic rings. The predicted molar refractivity (Wildman–Crippen MR) is 153 cm³/mol. The first-order chi connectivity index (χ1) is 19.1. The van der Waals surface area contributed by atoms with Crippen molar-refractivity contribution >= 4 is 50.4 Å². The number of anilines is 3. The summed E-state index contributed by atoms with van der Waals surface area (Å²) in [6, 6.07) is 20.6. The maximum absolute atomic E-state index is 13.5. The highest BCUT2D eigenvalue weighted by Crippen LogP contribution is 2.39. The molecule has 6 rings (SSSR count). The summed E-state index contributed by atoms with van der Waals surface area (Å²) < 4.78 is 6.85. The van der Waals surface area contributed by atoms with Crippen LogP contribution in [0.3, 0.4) is 0 Å². The van der Waals surface area contributed by atoms with Crippen LogP contribution in [0.2, 0.25) is 0 Å². The highest BCUT2D eigenvalue weighted by molar-refractivity contribution is 7.17. The Morgan fingerprint density at radius 2 is 1.87 bits per heavy atom. The number of rotatable bonds is 6. The van der Waals surface area contributed by atoms with Gasteiger partial charge in [0.15, 0.2) is 5.82 Å². The molecule has 1 aliphatic rings. The van der Waals surface area contributed by atoms with E-state index in [1.807, 2.05) is 77.9 Å². The summed E-state index contributed by atoms with van der Waals surface area (Å²) in [6.45, 7) is 2.90. The van der Waals surface area contributed by atoms with E-state index in [1.54, 1.807) is 18.5 Å². The fourth-order valence-corrected chi connectivity index (χ4v) is 5.56.